The van der Waals surface area contributed by atoms with Crippen molar-refractivity contribution in [2.24, 2.45) is 0 Å². The monoisotopic (exact) mass is 237 g/mol. The summed E-state index contributed by atoms with van der Waals surface area (Å²) in [6.07, 6.45) is 0.500. The minimum absolute atomic E-state index is 0.523. The van der Waals surface area contributed by atoms with Gasteiger partial charge in [-0.25, -0.2) is 9.00 Å². The van der Waals surface area contributed by atoms with E-state index in [0.717, 1.165) is 11.6 Å². The zero-order valence-corrected chi connectivity index (χ0v) is 9.57. The summed E-state index contributed by atoms with van der Waals surface area (Å²) in [6, 6.07) is 7.20. The molecule has 4 nitrogen and oxygen atoms in total. The van der Waals surface area contributed by atoms with Gasteiger partial charge in [0.15, 0.2) is 6.23 Å². The number of benzene rings is 1. The van der Waals surface area contributed by atoms with Crippen molar-refractivity contribution >= 4 is 17.0 Å². The van der Waals surface area contributed by atoms with Crippen LogP contribution in [0.4, 0.5) is 0 Å². The third-order valence-electron chi connectivity index (χ3n) is 2.36. The second-order valence-electron chi connectivity index (χ2n) is 3.33. The minimum atomic E-state index is -1.27. The third kappa shape index (κ3) is 1.68. The van der Waals surface area contributed by atoms with E-state index in [-0.39, 0.29) is 0 Å². The van der Waals surface area contributed by atoms with Crippen molar-refractivity contribution in [1.82, 2.24) is 4.31 Å². The molecule has 0 radical (unpaired) electrons. The first-order chi connectivity index (χ1) is 7.65. The number of carbonyl (C=O) groups is 1. The van der Waals surface area contributed by atoms with Crippen LogP contribution in [0, 0.1) is 0 Å². The average Bonchev–Trinajstić information content (AvgIpc) is 2.55. The lowest BCUT2D eigenvalue weighted by atomic mass is 10.2. The normalized spacial score (nSPS) is 23.8. The number of hydrogen-bond donors (Lipinski definition) is 0. The van der Waals surface area contributed by atoms with Gasteiger partial charge in [0.2, 0.25) is 0 Å². The van der Waals surface area contributed by atoms with Crippen molar-refractivity contribution in [2.75, 3.05) is 7.05 Å². The second-order valence-corrected chi connectivity index (χ2v) is 4.84. The molecule has 0 spiro atoms. The molecule has 0 fully saturated rings. The zero-order chi connectivity index (χ0) is 11.7. The summed E-state index contributed by atoms with van der Waals surface area (Å²) in [5.41, 5.74) is 0.763. The largest absolute Gasteiger partial charge is 0.438 e. The topological polar surface area (TPSA) is 46.6 Å². The third-order valence-corrected chi connectivity index (χ3v) is 3.82. The summed E-state index contributed by atoms with van der Waals surface area (Å²) in [7, 11) is 0.381. The minimum Gasteiger partial charge on any atom is -0.438 e. The van der Waals surface area contributed by atoms with E-state index in [9.17, 15) is 9.00 Å². The maximum atomic E-state index is 11.9. The number of fused-ring (bicyclic) bond motifs is 1. The lowest BCUT2D eigenvalue weighted by Crippen LogP contribution is -2.23. The van der Waals surface area contributed by atoms with E-state index < -0.39 is 23.2 Å². The predicted molar refractivity (Wildman–Crippen MR) is 59.6 cm³/mol. The highest BCUT2D eigenvalue weighted by atomic mass is 32.2. The average molecular weight is 237 g/mol. The Morgan fingerprint density at radius 1 is 1.56 bits per heavy atom. The SMILES string of the molecule is C=CC(=O)OC1c2ccccc2S(=O)N1C. The molecular formula is C11H11NO3S. The van der Waals surface area contributed by atoms with Crippen LogP contribution in [-0.2, 0) is 20.5 Å². The number of carbonyl (C=O) groups excluding carboxylic acids is 1. The van der Waals surface area contributed by atoms with E-state index in [1.54, 1.807) is 19.2 Å². The molecule has 0 aromatic heterocycles. The van der Waals surface area contributed by atoms with Gasteiger partial charge in [0.1, 0.15) is 11.0 Å². The van der Waals surface area contributed by atoms with Crippen LogP contribution in [0.2, 0.25) is 0 Å². The maximum absolute atomic E-state index is 11.9. The molecule has 0 saturated heterocycles. The van der Waals surface area contributed by atoms with Gasteiger partial charge in [0, 0.05) is 18.7 Å². The molecule has 5 heteroatoms. The van der Waals surface area contributed by atoms with Gasteiger partial charge < -0.3 is 4.74 Å². The zero-order valence-electron chi connectivity index (χ0n) is 8.75. The lowest BCUT2D eigenvalue weighted by molar-refractivity contribution is -0.148. The van der Waals surface area contributed by atoms with Gasteiger partial charge >= 0.3 is 5.97 Å². The van der Waals surface area contributed by atoms with Crippen LogP contribution in [-0.4, -0.2) is 21.5 Å². The number of ether oxygens (including phenoxy) is 1. The highest BCUT2D eigenvalue weighted by Gasteiger charge is 2.35. The van der Waals surface area contributed by atoms with E-state index >= 15 is 0 Å². The van der Waals surface area contributed by atoms with Gasteiger partial charge in [-0.2, -0.15) is 4.31 Å². The molecule has 1 aliphatic rings. The van der Waals surface area contributed by atoms with Crippen LogP contribution in [0.15, 0.2) is 41.8 Å². The van der Waals surface area contributed by atoms with Crippen molar-refractivity contribution in [3.63, 3.8) is 0 Å². The number of hydrogen-bond acceptors (Lipinski definition) is 3. The number of rotatable bonds is 2. The molecule has 84 valence electrons. The van der Waals surface area contributed by atoms with Crippen LogP contribution >= 0.6 is 0 Å². The van der Waals surface area contributed by atoms with Crippen molar-refractivity contribution in [3.8, 4) is 0 Å². The summed E-state index contributed by atoms with van der Waals surface area (Å²) < 4.78 is 18.5. The Labute approximate surface area is 96.1 Å². The van der Waals surface area contributed by atoms with Crippen LogP contribution < -0.4 is 0 Å². The van der Waals surface area contributed by atoms with Crippen molar-refractivity contribution in [1.29, 1.82) is 0 Å². The first kappa shape index (κ1) is 11.0. The fraction of sp³-hybridized carbons (Fsp3) is 0.182. The van der Waals surface area contributed by atoms with E-state index in [1.807, 2.05) is 12.1 Å². The summed E-state index contributed by atoms with van der Waals surface area (Å²) in [4.78, 5) is 11.9. The fourth-order valence-electron chi connectivity index (χ4n) is 1.58. The Bertz CT molecular complexity index is 472. The molecule has 1 aromatic carbocycles. The Morgan fingerprint density at radius 3 is 2.94 bits per heavy atom. The molecule has 1 aliphatic heterocycles. The molecule has 0 aliphatic carbocycles. The molecule has 1 aromatic rings. The van der Waals surface area contributed by atoms with Crippen LogP contribution in [0.3, 0.4) is 0 Å². The molecule has 0 saturated carbocycles. The molecule has 2 rings (SSSR count). The fourth-order valence-corrected chi connectivity index (χ4v) is 2.78. The Morgan fingerprint density at radius 2 is 2.25 bits per heavy atom. The lowest BCUT2D eigenvalue weighted by Gasteiger charge is -2.17. The summed E-state index contributed by atoms with van der Waals surface area (Å²) >= 11 is 0. The first-order valence-electron chi connectivity index (χ1n) is 4.72. The number of esters is 1. The highest BCUT2D eigenvalue weighted by Crippen LogP contribution is 2.36. The van der Waals surface area contributed by atoms with Gasteiger partial charge in [-0.1, -0.05) is 24.8 Å². The second kappa shape index (κ2) is 4.19. The summed E-state index contributed by atoms with van der Waals surface area (Å²) in [6.45, 7) is 3.33. The number of nitrogens with zero attached hydrogens (tertiary/aromatic N) is 1. The Balaban J connectivity index is 2.37. The molecule has 0 bridgehead atoms. The van der Waals surface area contributed by atoms with E-state index in [1.165, 1.54) is 4.31 Å². The maximum Gasteiger partial charge on any atom is 0.332 e. The van der Waals surface area contributed by atoms with E-state index in [0.29, 0.717) is 4.90 Å². The highest BCUT2D eigenvalue weighted by molar-refractivity contribution is 7.83. The molecule has 0 N–H and O–H groups in total. The molecular weight excluding hydrogens is 226 g/mol. The van der Waals surface area contributed by atoms with Gasteiger partial charge in [-0.15, -0.1) is 0 Å². The molecule has 2 atom stereocenters. The van der Waals surface area contributed by atoms with Gasteiger partial charge in [-0.3, -0.25) is 0 Å². The van der Waals surface area contributed by atoms with Crippen LogP contribution in [0.1, 0.15) is 11.8 Å². The van der Waals surface area contributed by atoms with E-state index in [4.69, 9.17) is 4.74 Å². The van der Waals surface area contributed by atoms with Gasteiger partial charge in [0.05, 0.1) is 4.90 Å². The molecule has 2 unspecified atom stereocenters. The molecule has 1 heterocycles. The Hall–Kier alpha value is -1.46. The van der Waals surface area contributed by atoms with Gasteiger partial charge in [0.25, 0.3) is 0 Å². The summed E-state index contributed by atoms with van der Waals surface area (Å²) in [5.74, 6) is -0.523. The van der Waals surface area contributed by atoms with Crippen LogP contribution in [0.25, 0.3) is 0 Å². The Kier molecular flexibility index (Phi) is 2.89. The predicted octanol–water partition coefficient (Wildman–Crippen LogP) is 1.38. The quantitative estimate of drug-likeness (QED) is 0.576. The van der Waals surface area contributed by atoms with Gasteiger partial charge in [-0.05, 0) is 6.07 Å². The smallest absolute Gasteiger partial charge is 0.332 e. The van der Waals surface area contributed by atoms with Crippen molar-refractivity contribution < 1.29 is 13.7 Å². The molecule has 16 heavy (non-hydrogen) atoms. The van der Waals surface area contributed by atoms with Crippen molar-refractivity contribution in [2.45, 2.75) is 11.1 Å². The first-order valence-corrected chi connectivity index (χ1v) is 5.82. The summed E-state index contributed by atoms with van der Waals surface area (Å²) in [5, 5.41) is 0. The van der Waals surface area contributed by atoms with Crippen LogP contribution in [0.5, 0.6) is 0 Å². The van der Waals surface area contributed by atoms with Crippen molar-refractivity contribution in [3.05, 3.63) is 42.5 Å². The molecule has 0 amide bonds. The standard InChI is InChI=1S/C11H11NO3S/c1-3-10(13)15-11-8-6-4-5-7-9(8)16(14)12(11)2/h3-7,11H,1H2,2H3. The van der Waals surface area contributed by atoms with E-state index in [2.05, 4.69) is 6.58 Å².